The Kier molecular flexibility index (Phi) is 4.14. The van der Waals surface area contributed by atoms with E-state index < -0.39 is 11.8 Å². The van der Waals surface area contributed by atoms with Crippen LogP contribution in [0.4, 0.5) is 11.4 Å². The van der Waals surface area contributed by atoms with Crippen molar-refractivity contribution in [2.75, 3.05) is 23.8 Å². The molecular weight excluding hydrogens is 296 g/mol. The molecule has 3 rings (SSSR count). The first-order valence-electron chi connectivity index (χ1n) is 7.20. The largest absolute Gasteiger partial charge is 0.486 e. The summed E-state index contributed by atoms with van der Waals surface area (Å²) in [5, 5.41) is 5.10. The minimum absolute atomic E-state index is 0.457. The molecule has 0 fully saturated rings. The maximum absolute atomic E-state index is 12.0. The summed E-state index contributed by atoms with van der Waals surface area (Å²) in [7, 11) is 0. The van der Waals surface area contributed by atoms with E-state index in [9.17, 15) is 9.59 Å². The summed E-state index contributed by atoms with van der Waals surface area (Å²) in [6.07, 6.45) is 0. The monoisotopic (exact) mass is 312 g/mol. The number of ether oxygens (including phenoxy) is 2. The molecule has 1 aliphatic heterocycles. The van der Waals surface area contributed by atoms with Crippen molar-refractivity contribution < 1.29 is 19.1 Å². The number of hydrogen-bond acceptors (Lipinski definition) is 4. The van der Waals surface area contributed by atoms with Gasteiger partial charge in [-0.05, 0) is 36.8 Å². The van der Waals surface area contributed by atoms with Gasteiger partial charge in [-0.3, -0.25) is 9.59 Å². The van der Waals surface area contributed by atoms with E-state index in [-0.39, 0.29) is 0 Å². The van der Waals surface area contributed by atoms with Gasteiger partial charge in [0.25, 0.3) is 0 Å². The van der Waals surface area contributed by atoms with Crippen LogP contribution in [0.25, 0.3) is 0 Å². The lowest BCUT2D eigenvalue weighted by molar-refractivity contribution is -0.133. The zero-order valence-corrected chi connectivity index (χ0v) is 12.6. The van der Waals surface area contributed by atoms with Crippen molar-refractivity contribution in [3.05, 3.63) is 48.0 Å². The van der Waals surface area contributed by atoms with Crippen LogP contribution >= 0.6 is 0 Å². The van der Waals surface area contributed by atoms with Crippen LogP contribution in [-0.4, -0.2) is 25.0 Å². The Balaban J connectivity index is 1.65. The van der Waals surface area contributed by atoms with Crippen LogP contribution in [0.15, 0.2) is 42.5 Å². The number of anilines is 2. The molecule has 2 aromatic carbocycles. The van der Waals surface area contributed by atoms with Gasteiger partial charge in [0, 0.05) is 17.4 Å². The van der Waals surface area contributed by atoms with Crippen LogP contribution in [0.2, 0.25) is 0 Å². The molecule has 0 aromatic heterocycles. The van der Waals surface area contributed by atoms with E-state index in [4.69, 9.17) is 9.47 Å². The average Bonchev–Trinajstić information content (AvgIpc) is 2.54. The molecule has 0 aliphatic carbocycles. The number of fused-ring (bicyclic) bond motifs is 1. The average molecular weight is 312 g/mol. The van der Waals surface area contributed by atoms with E-state index in [0.29, 0.717) is 36.1 Å². The van der Waals surface area contributed by atoms with Crippen molar-refractivity contribution in [2.45, 2.75) is 6.92 Å². The predicted octanol–water partition coefficient (Wildman–Crippen LogP) is 2.34. The molecule has 6 heteroatoms. The molecule has 118 valence electrons. The van der Waals surface area contributed by atoms with Crippen molar-refractivity contribution in [3.8, 4) is 11.5 Å². The zero-order chi connectivity index (χ0) is 16.2. The second kappa shape index (κ2) is 6.39. The van der Waals surface area contributed by atoms with Crippen molar-refractivity contribution in [1.29, 1.82) is 0 Å². The lowest BCUT2D eigenvalue weighted by Gasteiger charge is -2.18. The number of rotatable bonds is 2. The summed E-state index contributed by atoms with van der Waals surface area (Å²) >= 11 is 0. The summed E-state index contributed by atoms with van der Waals surface area (Å²) in [5.74, 6) is -0.305. The van der Waals surface area contributed by atoms with Gasteiger partial charge >= 0.3 is 11.8 Å². The number of hydrogen-bond donors (Lipinski definition) is 2. The molecule has 2 aromatic rings. The number of carbonyl (C=O) groups excluding carboxylic acids is 2. The molecule has 0 saturated carbocycles. The molecular formula is C17H16N2O4. The third kappa shape index (κ3) is 3.60. The molecule has 0 saturated heterocycles. The number of nitrogens with one attached hydrogen (secondary N) is 2. The van der Waals surface area contributed by atoms with Gasteiger partial charge < -0.3 is 20.1 Å². The first kappa shape index (κ1) is 14.9. The van der Waals surface area contributed by atoms with Gasteiger partial charge in [-0.15, -0.1) is 0 Å². The highest BCUT2D eigenvalue weighted by Crippen LogP contribution is 2.32. The lowest BCUT2D eigenvalue weighted by Crippen LogP contribution is -2.29. The maximum Gasteiger partial charge on any atom is 0.314 e. The van der Waals surface area contributed by atoms with Gasteiger partial charge in [-0.25, -0.2) is 0 Å². The first-order chi connectivity index (χ1) is 11.1. The normalized spacial score (nSPS) is 12.4. The van der Waals surface area contributed by atoms with Crippen LogP contribution in [0.5, 0.6) is 11.5 Å². The quantitative estimate of drug-likeness (QED) is 0.835. The minimum atomic E-state index is -0.747. The Labute approximate surface area is 133 Å². The summed E-state index contributed by atoms with van der Waals surface area (Å²) in [6, 6.07) is 12.2. The standard InChI is InChI=1S/C17H16N2O4/c1-11-3-2-4-12(9-11)18-16(20)17(21)19-13-5-6-14-15(10-13)23-8-7-22-14/h2-6,9-10H,7-8H2,1H3,(H,18,20)(H,19,21). The van der Waals surface area contributed by atoms with Crippen LogP contribution in [-0.2, 0) is 9.59 Å². The van der Waals surface area contributed by atoms with Crippen LogP contribution in [0.1, 0.15) is 5.56 Å². The fourth-order valence-corrected chi connectivity index (χ4v) is 2.22. The molecule has 0 bridgehead atoms. The van der Waals surface area contributed by atoms with Crippen molar-refractivity contribution >= 4 is 23.2 Å². The summed E-state index contributed by atoms with van der Waals surface area (Å²) in [4.78, 5) is 23.9. The minimum Gasteiger partial charge on any atom is -0.486 e. The van der Waals surface area contributed by atoms with E-state index >= 15 is 0 Å². The van der Waals surface area contributed by atoms with Crippen molar-refractivity contribution in [2.24, 2.45) is 0 Å². The molecule has 1 aliphatic rings. The van der Waals surface area contributed by atoms with Gasteiger partial charge in [-0.2, -0.15) is 0 Å². The van der Waals surface area contributed by atoms with Crippen molar-refractivity contribution in [3.63, 3.8) is 0 Å². The molecule has 0 unspecified atom stereocenters. The van der Waals surface area contributed by atoms with Gasteiger partial charge in [-0.1, -0.05) is 12.1 Å². The third-order valence-corrected chi connectivity index (χ3v) is 3.28. The SMILES string of the molecule is Cc1cccc(NC(=O)C(=O)Nc2ccc3c(c2)OCCO3)c1. The molecule has 0 radical (unpaired) electrons. The Morgan fingerprint density at radius 2 is 1.52 bits per heavy atom. The summed E-state index contributed by atoms with van der Waals surface area (Å²) in [5.41, 5.74) is 2.04. The Hall–Kier alpha value is -3.02. The first-order valence-corrected chi connectivity index (χ1v) is 7.20. The van der Waals surface area contributed by atoms with Gasteiger partial charge in [0.2, 0.25) is 0 Å². The van der Waals surface area contributed by atoms with Gasteiger partial charge in [0.05, 0.1) is 0 Å². The Bertz CT molecular complexity index is 758. The molecule has 2 amide bonds. The molecule has 1 heterocycles. The second-order valence-electron chi connectivity index (χ2n) is 5.14. The Morgan fingerprint density at radius 1 is 0.870 bits per heavy atom. The fraction of sp³-hybridized carbons (Fsp3) is 0.176. The van der Waals surface area contributed by atoms with Gasteiger partial charge in [0.15, 0.2) is 11.5 Å². The van der Waals surface area contributed by atoms with Gasteiger partial charge in [0.1, 0.15) is 13.2 Å². The van der Waals surface area contributed by atoms with Crippen molar-refractivity contribution in [1.82, 2.24) is 0 Å². The predicted molar refractivity (Wildman–Crippen MR) is 85.9 cm³/mol. The number of aryl methyl sites for hydroxylation is 1. The molecule has 2 N–H and O–H groups in total. The smallest absolute Gasteiger partial charge is 0.314 e. The van der Waals surface area contributed by atoms with E-state index in [1.807, 2.05) is 19.1 Å². The van der Waals surface area contributed by atoms with Crippen LogP contribution in [0, 0.1) is 6.92 Å². The highest BCUT2D eigenvalue weighted by molar-refractivity contribution is 6.43. The highest BCUT2D eigenvalue weighted by atomic mass is 16.6. The number of carbonyl (C=O) groups is 2. The maximum atomic E-state index is 12.0. The second-order valence-corrected chi connectivity index (χ2v) is 5.14. The number of amides is 2. The van der Waals surface area contributed by atoms with E-state index in [2.05, 4.69) is 10.6 Å². The molecule has 0 spiro atoms. The van der Waals surface area contributed by atoms with E-state index in [1.54, 1.807) is 30.3 Å². The highest BCUT2D eigenvalue weighted by Gasteiger charge is 2.16. The van der Waals surface area contributed by atoms with Crippen LogP contribution in [0.3, 0.4) is 0 Å². The molecule has 6 nitrogen and oxygen atoms in total. The fourth-order valence-electron chi connectivity index (χ4n) is 2.22. The summed E-state index contributed by atoms with van der Waals surface area (Å²) < 4.78 is 10.8. The zero-order valence-electron chi connectivity index (χ0n) is 12.6. The number of benzene rings is 2. The van der Waals surface area contributed by atoms with E-state index in [0.717, 1.165) is 5.56 Å². The lowest BCUT2D eigenvalue weighted by atomic mass is 10.2. The summed E-state index contributed by atoms with van der Waals surface area (Å²) in [6.45, 7) is 2.86. The topological polar surface area (TPSA) is 76.7 Å². The molecule has 23 heavy (non-hydrogen) atoms. The third-order valence-electron chi connectivity index (χ3n) is 3.28. The molecule has 0 atom stereocenters. The Morgan fingerprint density at radius 3 is 2.22 bits per heavy atom. The van der Waals surface area contributed by atoms with E-state index in [1.165, 1.54) is 0 Å². The van der Waals surface area contributed by atoms with Crippen LogP contribution < -0.4 is 20.1 Å².